The number of aromatic nitrogens is 2. The van der Waals surface area contributed by atoms with Crippen molar-refractivity contribution in [3.63, 3.8) is 0 Å². The molecule has 1 unspecified atom stereocenters. The molecule has 1 atom stereocenters. The number of esters is 1. The van der Waals surface area contributed by atoms with Gasteiger partial charge in [-0.15, -0.1) is 0 Å². The number of hydrogen-bond donors (Lipinski definition) is 1. The fraction of sp³-hybridized carbons (Fsp3) is 0.167. The first-order chi connectivity index (χ1) is 11.6. The molecule has 118 valence electrons. The number of pyridine rings is 2. The lowest BCUT2D eigenvalue weighted by Crippen LogP contribution is -2.32. The van der Waals surface area contributed by atoms with Crippen LogP contribution in [0.1, 0.15) is 22.8 Å². The van der Waals surface area contributed by atoms with Crippen molar-refractivity contribution in [3.05, 3.63) is 63.4 Å². The van der Waals surface area contributed by atoms with E-state index in [0.29, 0.717) is 23.4 Å². The van der Waals surface area contributed by atoms with E-state index in [4.69, 9.17) is 4.74 Å². The molecule has 0 aliphatic carbocycles. The molecule has 6 heteroatoms. The first-order valence-electron chi connectivity index (χ1n) is 7.64. The Balaban J connectivity index is 1.80. The van der Waals surface area contributed by atoms with Crippen molar-refractivity contribution in [3.8, 4) is 11.4 Å². The lowest BCUT2D eigenvalue weighted by Gasteiger charge is -2.21. The molecule has 0 spiro atoms. The molecule has 3 aromatic rings. The number of carbonyl (C=O) groups excluding carboxylic acids is 1. The highest BCUT2D eigenvalue weighted by Crippen LogP contribution is 2.34. The molecule has 1 N–H and O–H groups in total. The molecule has 0 saturated heterocycles. The molecule has 0 saturated carbocycles. The van der Waals surface area contributed by atoms with Crippen LogP contribution in [0.4, 0.5) is 0 Å². The summed E-state index contributed by atoms with van der Waals surface area (Å²) in [5.74, 6) is -0.725. The van der Waals surface area contributed by atoms with Gasteiger partial charge in [0.1, 0.15) is 6.61 Å². The highest BCUT2D eigenvalue weighted by molar-refractivity contribution is 5.84. The van der Waals surface area contributed by atoms with E-state index in [0.717, 1.165) is 22.2 Å². The Labute approximate surface area is 135 Å². The minimum Gasteiger partial charge on any atom is -0.458 e. The molecule has 0 bridgehead atoms. The summed E-state index contributed by atoms with van der Waals surface area (Å²) in [5, 5.41) is 11.1. The molecule has 0 fully saturated rings. The van der Waals surface area contributed by atoms with E-state index in [-0.39, 0.29) is 12.2 Å². The zero-order valence-electron chi connectivity index (χ0n) is 12.5. The summed E-state index contributed by atoms with van der Waals surface area (Å²) in [6, 6.07) is 11.5. The quantitative estimate of drug-likeness (QED) is 0.497. The van der Waals surface area contributed by atoms with Crippen molar-refractivity contribution in [2.75, 3.05) is 0 Å². The standard InChI is InChI=1S/C18H12N2O4/c21-16-11-6-14-15-10(5-9-3-1-2-4-13(9)19-15)7-20(14)17(22)12(11)8-24-18(16)23/h1-6,16,21H,7-8H2. The van der Waals surface area contributed by atoms with Crippen LogP contribution in [0.15, 0.2) is 41.2 Å². The molecular weight excluding hydrogens is 308 g/mol. The highest BCUT2D eigenvalue weighted by Gasteiger charge is 2.33. The van der Waals surface area contributed by atoms with E-state index in [9.17, 15) is 14.7 Å². The van der Waals surface area contributed by atoms with Gasteiger partial charge in [0.25, 0.3) is 5.56 Å². The van der Waals surface area contributed by atoms with Crippen LogP contribution in [0.3, 0.4) is 0 Å². The minimum absolute atomic E-state index is 0.101. The summed E-state index contributed by atoms with van der Waals surface area (Å²) in [7, 11) is 0. The Kier molecular flexibility index (Phi) is 2.53. The third-order valence-corrected chi connectivity index (χ3v) is 4.69. The number of aliphatic hydroxyl groups excluding tert-OH is 1. The number of rotatable bonds is 0. The Bertz CT molecular complexity index is 1100. The van der Waals surface area contributed by atoms with Gasteiger partial charge in [-0.25, -0.2) is 9.78 Å². The summed E-state index contributed by atoms with van der Waals surface area (Å²) < 4.78 is 6.51. The predicted octanol–water partition coefficient (Wildman–Crippen LogP) is 1.52. The molecule has 6 nitrogen and oxygen atoms in total. The van der Waals surface area contributed by atoms with Gasteiger partial charge >= 0.3 is 5.97 Å². The molecular formula is C18H12N2O4. The summed E-state index contributed by atoms with van der Waals surface area (Å²) in [5.41, 5.74) is 3.57. The van der Waals surface area contributed by atoms with Crippen LogP contribution in [0, 0.1) is 0 Å². The van der Waals surface area contributed by atoms with Crippen molar-refractivity contribution in [2.24, 2.45) is 0 Å². The van der Waals surface area contributed by atoms with Gasteiger partial charge in [-0.2, -0.15) is 0 Å². The van der Waals surface area contributed by atoms with Crippen molar-refractivity contribution in [1.82, 2.24) is 9.55 Å². The SMILES string of the molecule is O=C1OCc2c(cc3n(c2=O)Cc2cc4ccccc4nc2-3)C1O. The third-order valence-electron chi connectivity index (χ3n) is 4.69. The molecule has 2 aliphatic rings. The van der Waals surface area contributed by atoms with Crippen LogP contribution >= 0.6 is 0 Å². The summed E-state index contributed by atoms with van der Waals surface area (Å²) >= 11 is 0. The van der Waals surface area contributed by atoms with Gasteiger partial charge in [0.15, 0.2) is 6.10 Å². The average Bonchev–Trinajstić information content (AvgIpc) is 2.95. The van der Waals surface area contributed by atoms with Crippen LogP contribution in [0.2, 0.25) is 0 Å². The van der Waals surface area contributed by atoms with E-state index in [1.807, 2.05) is 30.3 Å². The second-order valence-corrected chi connectivity index (χ2v) is 6.05. The number of ether oxygens (including phenoxy) is 1. The first kappa shape index (κ1) is 13.4. The number of nitrogens with zero attached hydrogens (tertiary/aromatic N) is 2. The number of benzene rings is 1. The lowest BCUT2D eigenvalue weighted by atomic mass is 10.0. The van der Waals surface area contributed by atoms with Crippen LogP contribution in [0.5, 0.6) is 0 Å². The second kappa shape index (κ2) is 4.52. The second-order valence-electron chi connectivity index (χ2n) is 6.05. The molecule has 5 rings (SSSR count). The average molecular weight is 320 g/mol. The summed E-state index contributed by atoms with van der Waals surface area (Å²) in [6.07, 6.45) is -1.42. The van der Waals surface area contributed by atoms with Crippen LogP contribution in [-0.4, -0.2) is 20.6 Å². The molecule has 2 aliphatic heterocycles. The number of fused-ring (bicyclic) bond motifs is 5. The molecule has 24 heavy (non-hydrogen) atoms. The third kappa shape index (κ3) is 1.66. The minimum atomic E-state index is -1.42. The number of para-hydroxylation sites is 1. The first-order valence-corrected chi connectivity index (χ1v) is 7.64. The van der Waals surface area contributed by atoms with Crippen molar-refractivity contribution < 1.29 is 14.6 Å². The van der Waals surface area contributed by atoms with Gasteiger partial charge in [0.2, 0.25) is 0 Å². The van der Waals surface area contributed by atoms with Gasteiger partial charge in [-0.1, -0.05) is 18.2 Å². The van der Waals surface area contributed by atoms with Crippen LogP contribution in [0.25, 0.3) is 22.3 Å². The van der Waals surface area contributed by atoms with Gasteiger partial charge in [0, 0.05) is 16.5 Å². The molecule has 4 heterocycles. The number of cyclic esters (lactones) is 1. The van der Waals surface area contributed by atoms with E-state index < -0.39 is 12.1 Å². The summed E-state index contributed by atoms with van der Waals surface area (Å²) in [4.78, 5) is 29.0. The van der Waals surface area contributed by atoms with Gasteiger partial charge in [-0.05, 0) is 18.2 Å². The molecule has 2 aromatic heterocycles. The number of hydrogen-bond acceptors (Lipinski definition) is 5. The van der Waals surface area contributed by atoms with E-state index >= 15 is 0 Å². The summed E-state index contributed by atoms with van der Waals surface area (Å²) in [6.45, 7) is 0.328. The normalized spacial score (nSPS) is 18.0. The Hall–Kier alpha value is -2.99. The van der Waals surface area contributed by atoms with Gasteiger partial charge in [-0.3, -0.25) is 4.79 Å². The van der Waals surface area contributed by atoms with Crippen molar-refractivity contribution >= 4 is 16.9 Å². The zero-order valence-corrected chi connectivity index (χ0v) is 12.5. The maximum absolute atomic E-state index is 12.8. The molecule has 1 aromatic carbocycles. The maximum atomic E-state index is 12.8. The Morgan fingerprint density at radius 1 is 1.21 bits per heavy atom. The largest absolute Gasteiger partial charge is 0.458 e. The number of carbonyl (C=O) groups is 1. The highest BCUT2D eigenvalue weighted by atomic mass is 16.5. The van der Waals surface area contributed by atoms with Crippen LogP contribution < -0.4 is 5.56 Å². The van der Waals surface area contributed by atoms with E-state index in [1.165, 1.54) is 0 Å². The van der Waals surface area contributed by atoms with Crippen molar-refractivity contribution in [2.45, 2.75) is 19.3 Å². The smallest absolute Gasteiger partial charge is 0.340 e. The number of aliphatic hydroxyl groups is 1. The zero-order chi connectivity index (χ0) is 16.4. The van der Waals surface area contributed by atoms with E-state index in [2.05, 4.69) is 4.98 Å². The fourth-order valence-corrected chi connectivity index (χ4v) is 3.47. The maximum Gasteiger partial charge on any atom is 0.340 e. The van der Waals surface area contributed by atoms with Crippen LogP contribution in [-0.2, 0) is 22.7 Å². The van der Waals surface area contributed by atoms with Gasteiger partial charge in [0.05, 0.1) is 29.0 Å². The fourth-order valence-electron chi connectivity index (χ4n) is 3.47. The lowest BCUT2D eigenvalue weighted by molar-refractivity contribution is -0.157. The monoisotopic (exact) mass is 320 g/mol. The van der Waals surface area contributed by atoms with Gasteiger partial charge < -0.3 is 14.4 Å². The molecule has 0 radical (unpaired) electrons. The Morgan fingerprint density at radius 3 is 2.92 bits per heavy atom. The topological polar surface area (TPSA) is 81.4 Å². The predicted molar refractivity (Wildman–Crippen MR) is 85.3 cm³/mol. The van der Waals surface area contributed by atoms with E-state index in [1.54, 1.807) is 10.6 Å². The van der Waals surface area contributed by atoms with Crippen molar-refractivity contribution in [1.29, 1.82) is 0 Å². The molecule has 0 amide bonds. The Morgan fingerprint density at radius 2 is 2.04 bits per heavy atom.